The van der Waals surface area contributed by atoms with Gasteiger partial charge in [-0.2, -0.15) is 0 Å². The average molecular weight is 293 g/mol. The Balaban J connectivity index is 2.56. The molecule has 0 aliphatic carbocycles. The Kier molecular flexibility index (Phi) is 5.16. The fourth-order valence-electron chi connectivity index (χ4n) is 2.79. The van der Waals surface area contributed by atoms with Gasteiger partial charge < -0.3 is 5.32 Å². The van der Waals surface area contributed by atoms with Crippen molar-refractivity contribution in [2.45, 2.75) is 20.8 Å². The molecule has 2 rings (SSSR count). The molecule has 1 N–H and O–H groups in total. The normalized spacial score (nSPS) is 12.0. The second kappa shape index (κ2) is 7.08. The summed E-state index contributed by atoms with van der Waals surface area (Å²) in [7, 11) is 1.87. The lowest BCUT2D eigenvalue weighted by Crippen LogP contribution is -2.16. The number of hydrogen-bond donors (Lipinski definition) is 1. The number of benzene rings is 2. The smallest absolute Gasteiger partial charge is 0.158 e. The first-order chi connectivity index (χ1) is 10.5. The van der Waals surface area contributed by atoms with E-state index in [4.69, 9.17) is 0 Å². The minimum atomic E-state index is 0.115. The van der Waals surface area contributed by atoms with Crippen molar-refractivity contribution in [1.29, 1.82) is 0 Å². The fourth-order valence-corrected chi connectivity index (χ4v) is 2.79. The summed E-state index contributed by atoms with van der Waals surface area (Å²) in [5, 5.41) is 3.22. The molecule has 2 nitrogen and oxygen atoms in total. The quantitative estimate of drug-likeness (QED) is 0.821. The average Bonchev–Trinajstić information content (AvgIpc) is 2.52. The van der Waals surface area contributed by atoms with Gasteiger partial charge in [-0.3, -0.25) is 4.79 Å². The van der Waals surface area contributed by atoms with Crippen molar-refractivity contribution in [3.63, 3.8) is 0 Å². The van der Waals surface area contributed by atoms with Gasteiger partial charge in [-0.1, -0.05) is 62.4 Å². The lowest BCUT2D eigenvalue weighted by molar-refractivity contribution is -0.114. The molecular weight excluding hydrogens is 270 g/mol. The Bertz CT molecular complexity index is 684. The molecule has 0 bridgehead atoms. The maximum absolute atomic E-state index is 12.0. The highest BCUT2D eigenvalue weighted by Gasteiger charge is 2.16. The van der Waals surface area contributed by atoms with E-state index in [1.807, 2.05) is 37.4 Å². The lowest BCUT2D eigenvalue weighted by Gasteiger charge is -2.17. The van der Waals surface area contributed by atoms with Gasteiger partial charge in [0, 0.05) is 18.3 Å². The van der Waals surface area contributed by atoms with Crippen molar-refractivity contribution < 1.29 is 4.79 Å². The Morgan fingerprint density at radius 2 is 1.59 bits per heavy atom. The van der Waals surface area contributed by atoms with Crippen LogP contribution in [0.4, 0.5) is 0 Å². The Labute approximate surface area is 132 Å². The zero-order chi connectivity index (χ0) is 16.1. The first kappa shape index (κ1) is 16.0. The molecule has 0 spiro atoms. The summed E-state index contributed by atoms with van der Waals surface area (Å²) in [6.45, 7) is 5.73. The van der Waals surface area contributed by atoms with Gasteiger partial charge >= 0.3 is 0 Å². The molecule has 0 unspecified atom stereocenters. The van der Waals surface area contributed by atoms with Crippen molar-refractivity contribution in [1.82, 2.24) is 5.32 Å². The summed E-state index contributed by atoms with van der Waals surface area (Å²) in [5.74, 6) is 0.296. The molecule has 2 aromatic carbocycles. The molecule has 0 aromatic heterocycles. The Morgan fingerprint density at radius 3 is 2.14 bits per heavy atom. The number of ketones is 1. The van der Waals surface area contributed by atoms with Crippen LogP contribution < -0.4 is 5.32 Å². The van der Waals surface area contributed by atoms with E-state index in [1.54, 1.807) is 6.92 Å². The van der Waals surface area contributed by atoms with Crippen LogP contribution in [0.1, 0.15) is 26.3 Å². The molecule has 0 saturated heterocycles. The molecule has 0 aliphatic heterocycles. The third-order valence-electron chi connectivity index (χ3n) is 3.73. The van der Waals surface area contributed by atoms with Crippen molar-refractivity contribution in [3.05, 3.63) is 65.7 Å². The van der Waals surface area contributed by atoms with Gasteiger partial charge in [0.2, 0.25) is 0 Å². The monoisotopic (exact) mass is 293 g/mol. The van der Waals surface area contributed by atoms with E-state index in [1.165, 1.54) is 5.56 Å². The summed E-state index contributed by atoms with van der Waals surface area (Å²) in [4.78, 5) is 12.0. The molecule has 0 fully saturated rings. The summed E-state index contributed by atoms with van der Waals surface area (Å²) < 4.78 is 0. The fraction of sp³-hybridized carbons (Fsp3) is 0.250. The van der Waals surface area contributed by atoms with Crippen molar-refractivity contribution in [2.24, 2.45) is 5.92 Å². The predicted octanol–water partition coefficient (Wildman–Crippen LogP) is 4.53. The molecule has 0 radical (unpaired) electrons. The van der Waals surface area contributed by atoms with Crippen molar-refractivity contribution in [3.8, 4) is 11.1 Å². The molecular formula is C20H23NO. The minimum Gasteiger partial charge on any atom is -0.387 e. The van der Waals surface area contributed by atoms with Gasteiger partial charge in [0.25, 0.3) is 0 Å². The van der Waals surface area contributed by atoms with E-state index in [0.29, 0.717) is 0 Å². The van der Waals surface area contributed by atoms with E-state index in [0.717, 1.165) is 22.4 Å². The molecule has 22 heavy (non-hydrogen) atoms. The number of rotatable bonds is 5. The molecule has 2 aromatic rings. The van der Waals surface area contributed by atoms with Crippen LogP contribution in [0.15, 0.2) is 60.2 Å². The highest BCUT2D eigenvalue weighted by molar-refractivity contribution is 6.01. The van der Waals surface area contributed by atoms with Gasteiger partial charge in [0.1, 0.15) is 0 Å². The van der Waals surface area contributed by atoms with Crippen LogP contribution in [-0.4, -0.2) is 12.8 Å². The number of carbonyl (C=O) groups excluding carboxylic acids is 1. The van der Waals surface area contributed by atoms with Crippen molar-refractivity contribution >= 4 is 11.5 Å². The number of hydrogen-bond acceptors (Lipinski definition) is 2. The molecule has 0 heterocycles. The third kappa shape index (κ3) is 3.45. The van der Waals surface area contributed by atoms with Gasteiger partial charge in [-0.15, -0.1) is 0 Å². The number of carbonyl (C=O) groups is 1. The maximum atomic E-state index is 12.0. The van der Waals surface area contributed by atoms with E-state index in [9.17, 15) is 4.79 Å². The predicted molar refractivity (Wildman–Crippen MR) is 93.4 cm³/mol. The molecule has 0 amide bonds. The van der Waals surface area contributed by atoms with Gasteiger partial charge in [0.05, 0.1) is 0 Å². The van der Waals surface area contributed by atoms with Crippen LogP contribution in [0, 0.1) is 5.92 Å². The van der Waals surface area contributed by atoms with E-state index < -0.39 is 0 Å². The number of allylic oxidation sites excluding steroid dienone is 1. The summed E-state index contributed by atoms with van der Waals surface area (Å²) >= 11 is 0. The lowest BCUT2D eigenvalue weighted by atomic mass is 9.93. The Hall–Kier alpha value is -2.35. The summed E-state index contributed by atoms with van der Waals surface area (Å²) in [5.41, 5.74) is 5.13. The summed E-state index contributed by atoms with van der Waals surface area (Å²) in [6, 6.07) is 18.6. The van der Waals surface area contributed by atoms with Crippen LogP contribution in [-0.2, 0) is 4.79 Å². The van der Waals surface area contributed by atoms with Crippen LogP contribution >= 0.6 is 0 Å². The van der Waals surface area contributed by atoms with E-state index >= 15 is 0 Å². The molecule has 0 aliphatic rings. The van der Waals surface area contributed by atoms with Crippen LogP contribution in [0.25, 0.3) is 16.8 Å². The van der Waals surface area contributed by atoms with E-state index in [-0.39, 0.29) is 11.7 Å². The van der Waals surface area contributed by atoms with Gasteiger partial charge in [0.15, 0.2) is 5.78 Å². The topological polar surface area (TPSA) is 29.1 Å². The largest absolute Gasteiger partial charge is 0.387 e. The number of Topliss-reactive ketones (excluding diaryl/α,β-unsaturated/α-hetero) is 1. The molecule has 0 atom stereocenters. The molecule has 0 saturated carbocycles. The first-order valence-corrected chi connectivity index (χ1v) is 7.63. The van der Waals surface area contributed by atoms with Crippen LogP contribution in [0.3, 0.4) is 0 Å². The SMILES string of the molecule is CN/C(=C(\C(C)=O)C(C)C)c1cccc(-c2ccccc2)c1. The third-order valence-corrected chi connectivity index (χ3v) is 3.73. The van der Waals surface area contributed by atoms with Gasteiger partial charge in [-0.25, -0.2) is 0 Å². The summed E-state index contributed by atoms with van der Waals surface area (Å²) in [6.07, 6.45) is 0. The Morgan fingerprint density at radius 1 is 0.955 bits per heavy atom. The zero-order valence-electron chi connectivity index (χ0n) is 13.7. The highest BCUT2D eigenvalue weighted by Crippen LogP contribution is 2.26. The molecule has 114 valence electrons. The molecule has 2 heteroatoms. The first-order valence-electron chi connectivity index (χ1n) is 7.63. The number of nitrogens with one attached hydrogen (secondary N) is 1. The standard InChI is InChI=1S/C20H23NO/c1-14(2)19(15(3)22)20(21-4)18-12-8-11-17(13-18)16-9-6-5-7-10-16/h5-14,21H,1-4H3/b20-19-. The van der Waals surface area contributed by atoms with Crippen LogP contribution in [0.5, 0.6) is 0 Å². The second-order valence-electron chi connectivity index (χ2n) is 5.70. The zero-order valence-corrected chi connectivity index (χ0v) is 13.7. The second-order valence-corrected chi connectivity index (χ2v) is 5.70. The van der Waals surface area contributed by atoms with Crippen molar-refractivity contribution in [2.75, 3.05) is 7.05 Å². The van der Waals surface area contributed by atoms with Crippen LogP contribution in [0.2, 0.25) is 0 Å². The highest BCUT2D eigenvalue weighted by atomic mass is 16.1. The van der Waals surface area contributed by atoms with Gasteiger partial charge in [-0.05, 0) is 35.6 Å². The minimum absolute atomic E-state index is 0.115. The van der Waals surface area contributed by atoms with E-state index in [2.05, 4.69) is 43.4 Å². The maximum Gasteiger partial charge on any atom is 0.158 e.